The lowest BCUT2D eigenvalue weighted by molar-refractivity contribution is -0.131. The Kier molecular flexibility index (Phi) is 5.63. The molecule has 22 heavy (non-hydrogen) atoms. The van der Waals surface area contributed by atoms with Crippen molar-refractivity contribution in [1.82, 2.24) is 10.2 Å². The molecule has 2 rings (SSSR count). The molecule has 1 fully saturated rings. The van der Waals surface area contributed by atoms with Gasteiger partial charge in [0, 0.05) is 32.5 Å². The van der Waals surface area contributed by atoms with E-state index in [-0.39, 0.29) is 11.8 Å². The summed E-state index contributed by atoms with van der Waals surface area (Å²) in [5.41, 5.74) is 1.02. The Bertz CT molecular complexity index is 545. The molecule has 2 amide bonds. The normalized spacial score (nSPS) is 15.0. The van der Waals surface area contributed by atoms with Gasteiger partial charge in [-0.2, -0.15) is 0 Å². The number of hydrogen-bond donors (Lipinski definition) is 1. The number of hydrogen-bond acceptors (Lipinski definition) is 4. The third-order valence-corrected chi connectivity index (χ3v) is 3.74. The molecule has 1 N–H and O–H groups in total. The molecule has 1 aromatic rings. The molecule has 0 aromatic heterocycles. The molecular formula is C16H22N2O4. The smallest absolute Gasteiger partial charge is 0.222 e. The van der Waals surface area contributed by atoms with Crippen LogP contribution in [0.25, 0.3) is 0 Å². The number of nitrogens with zero attached hydrogens (tertiary/aromatic N) is 1. The van der Waals surface area contributed by atoms with Crippen LogP contribution >= 0.6 is 0 Å². The van der Waals surface area contributed by atoms with Gasteiger partial charge < -0.3 is 19.7 Å². The number of ether oxygens (including phenoxy) is 2. The standard InChI is InChI=1S/C16H22N2O4/c1-21-13-5-3-12(11-14(13)22-2)4-6-16(20)18-9-7-15(19)17-8-10-18/h3,5,11H,4,6-10H2,1-2H3,(H,17,19). The molecule has 0 spiro atoms. The van der Waals surface area contributed by atoms with Crippen LogP contribution in [0.15, 0.2) is 18.2 Å². The maximum absolute atomic E-state index is 12.2. The predicted octanol–water partition coefficient (Wildman–Crippen LogP) is 0.985. The first-order chi connectivity index (χ1) is 10.6. The summed E-state index contributed by atoms with van der Waals surface area (Å²) in [7, 11) is 3.18. The molecule has 1 aliphatic heterocycles. The van der Waals surface area contributed by atoms with Crippen LogP contribution in [0, 0.1) is 0 Å². The summed E-state index contributed by atoms with van der Waals surface area (Å²) < 4.78 is 10.5. The maximum Gasteiger partial charge on any atom is 0.222 e. The highest BCUT2D eigenvalue weighted by atomic mass is 16.5. The summed E-state index contributed by atoms with van der Waals surface area (Å²) in [5, 5.41) is 2.77. The van der Waals surface area contributed by atoms with Crippen molar-refractivity contribution in [3.8, 4) is 11.5 Å². The number of amides is 2. The van der Waals surface area contributed by atoms with Gasteiger partial charge in [0.1, 0.15) is 0 Å². The Morgan fingerprint density at radius 2 is 2.00 bits per heavy atom. The first kappa shape index (κ1) is 16.1. The van der Waals surface area contributed by atoms with Crippen molar-refractivity contribution < 1.29 is 19.1 Å². The minimum absolute atomic E-state index is 0.00944. The third-order valence-electron chi connectivity index (χ3n) is 3.74. The highest BCUT2D eigenvalue weighted by Crippen LogP contribution is 2.28. The van der Waals surface area contributed by atoms with Crippen LogP contribution in [-0.4, -0.2) is 50.6 Å². The molecular weight excluding hydrogens is 284 g/mol. The Hall–Kier alpha value is -2.24. The quantitative estimate of drug-likeness (QED) is 0.881. The van der Waals surface area contributed by atoms with Gasteiger partial charge in [-0.1, -0.05) is 6.07 Å². The lowest BCUT2D eigenvalue weighted by atomic mass is 10.1. The minimum Gasteiger partial charge on any atom is -0.493 e. The molecule has 6 heteroatoms. The van der Waals surface area contributed by atoms with Gasteiger partial charge in [-0.3, -0.25) is 9.59 Å². The summed E-state index contributed by atoms with van der Waals surface area (Å²) >= 11 is 0. The van der Waals surface area contributed by atoms with Gasteiger partial charge in [0.15, 0.2) is 11.5 Å². The zero-order valence-electron chi connectivity index (χ0n) is 13.1. The number of rotatable bonds is 5. The van der Waals surface area contributed by atoms with Gasteiger partial charge >= 0.3 is 0 Å². The van der Waals surface area contributed by atoms with Crippen molar-refractivity contribution in [1.29, 1.82) is 0 Å². The molecule has 1 saturated heterocycles. The van der Waals surface area contributed by atoms with E-state index < -0.39 is 0 Å². The minimum atomic E-state index is 0.00944. The van der Waals surface area contributed by atoms with Crippen molar-refractivity contribution in [2.75, 3.05) is 33.9 Å². The number of aryl methyl sites for hydroxylation is 1. The molecule has 0 radical (unpaired) electrons. The second-order valence-corrected chi connectivity index (χ2v) is 5.17. The Morgan fingerprint density at radius 1 is 1.23 bits per heavy atom. The molecule has 1 aliphatic rings. The van der Waals surface area contributed by atoms with Gasteiger partial charge in [-0.15, -0.1) is 0 Å². The van der Waals surface area contributed by atoms with E-state index in [1.54, 1.807) is 19.1 Å². The fraction of sp³-hybridized carbons (Fsp3) is 0.500. The van der Waals surface area contributed by atoms with Gasteiger partial charge in [-0.25, -0.2) is 0 Å². The Morgan fingerprint density at radius 3 is 2.73 bits per heavy atom. The molecule has 1 aromatic carbocycles. The van der Waals surface area contributed by atoms with Crippen molar-refractivity contribution in [3.63, 3.8) is 0 Å². The number of nitrogens with one attached hydrogen (secondary N) is 1. The van der Waals surface area contributed by atoms with Crippen LogP contribution in [0.4, 0.5) is 0 Å². The van der Waals surface area contributed by atoms with E-state index >= 15 is 0 Å². The zero-order chi connectivity index (χ0) is 15.9. The average Bonchev–Trinajstić information content (AvgIpc) is 2.77. The monoisotopic (exact) mass is 306 g/mol. The van der Waals surface area contributed by atoms with Crippen molar-refractivity contribution in [2.45, 2.75) is 19.3 Å². The van der Waals surface area contributed by atoms with Crippen molar-refractivity contribution >= 4 is 11.8 Å². The lowest BCUT2D eigenvalue weighted by Gasteiger charge is -2.19. The first-order valence-electron chi connectivity index (χ1n) is 7.39. The molecule has 6 nitrogen and oxygen atoms in total. The van der Waals surface area contributed by atoms with Crippen LogP contribution in [-0.2, 0) is 16.0 Å². The number of benzene rings is 1. The SMILES string of the molecule is COc1ccc(CCC(=O)N2CCNC(=O)CC2)cc1OC. The summed E-state index contributed by atoms with van der Waals surface area (Å²) in [4.78, 5) is 25.3. The fourth-order valence-corrected chi connectivity index (χ4v) is 2.46. The van der Waals surface area contributed by atoms with E-state index in [2.05, 4.69) is 5.32 Å². The van der Waals surface area contributed by atoms with Crippen molar-refractivity contribution in [2.24, 2.45) is 0 Å². The van der Waals surface area contributed by atoms with Crippen LogP contribution in [0.3, 0.4) is 0 Å². The maximum atomic E-state index is 12.2. The van der Waals surface area contributed by atoms with Crippen LogP contribution < -0.4 is 14.8 Å². The van der Waals surface area contributed by atoms with E-state index in [1.165, 1.54) is 0 Å². The predicted molar refractivity (Wildman–Crippen MR) is 82.1 cm³/mol. The highest BCUT2D eigenvalue weighted by molar-refractivity contribution is 5.80. The van der Waals surface area contributed by atoms with Gasteiger partial charge in [0.05, 0.1) is 14.2 Å². The van der Waals surface area contributed by atoms with Crippen LogP contribution in [0.2, 0.25) is 0 Å². The molecule has 0 aliphatic carbocycles. The van der Waals surface area contributed by atoms with E-state index in [0.29, 0.717) is 50.4 Å². The Balaban J connectivity index is 1.91. The molecule has 0 bridgehead atoms. The zero-order valence-corrected chi connectivity index (χ0v) is 13.1. The summed E-state index contributed by atoms with van der Waals surface area (Å²) in [6, 6.07) is 5.66. The molecule has 0 saturated carbocycles. The average molecular weight is 306 g/mol. The highest BCUT2D eigenvalue weighted by Gasteiger charge is 2.18. The summed E-state index contributed by atoms with van der Waals surface area (Å²) in [6.45, 7) is 1.61. The third kappa shape index (κ3) is 4.13. The second-order valence-electron chi connectivity index (χ2n) is 5.17. The number of carbonyl (C=O) groups excluding carboxylic acids is 2. The largest absolute Gasteiger partial charge is 0.493 e. The topological polar surface area (TPSA) is 67.9 Å². The van der Waals surface area contributed by atoms with E-state index in [1.807, 2.05) is 18.2 Å². The van der Waals surface area contributed by atoms with Crippen molar-refractivity contribution in [3.05, 3.63) is 23.8 Å². The molecule has 1 heterocycles. The van der Waals surface area contributed by atoms with Gasteiger partial charge in [-0.05, 0) is 24.1 Å². The summed E-state index contributed by atoms with van der Waals surface area (Å²) in [5.74, 6) is 1.42. The van der Waals surface area contributed by atoms with Crippen LogP contribution in [0.1, 0.15) is 18.4 Å². The number of carbonyl (C=O) groups is 2. The fourth-order valence-electron chi connectivity index (χ4n) is 2.46. The van der Waals surface area contributed by atoms with E-state index in [0.717, 1.165) is 5.56 Å². The second kappa shape index (κ2) is 7.68. The number of methoxy groups -OCH3 is 2. The first-order valence-corrected chi connectivity index (χ1v) is 7.39. The van der Waals surface area contributed by atoms with E-state index in [9.17, 15) is 9.59 Å². The van der Waals surface area contributed by atoms with Gasteiger partial charge in [0.2, 0.25) is 11.8 Å². The molecule has 0 unspecified atom stereocenters. The lowest BCUT2D eigenvalue weighted by Crippen LogP contribution is -2.34. The molecule has 120 valence electrons. The van der Waals surface area contributed by atoms with Crippen LogP contribution in [0.5, 0.6) is 11.5 Å². The molecule has 0 atom stereocenters. The summed E-state index contributed by atoms with van der Waals surface area (Å²) in [6.07, 6.45) is 1.43. The Labute approximate surface area is 130 Å². The van der Waals surface area contributed by atoms with Gasteiger partial charge in [0.25, 0.3) is 0 Å². The van der Waals surface area contributed by atoms with E-state index in [4.69, 9.17) is 9.47 Å².